The van der Waals surface area contributed by atoms with Crippen LogP contribution in [0.4, 0.5) is 4.39 Å². The lowest BCUT2D eigenvalue weighted by atomic mass is 9.98. The van der Waals surface area contributed by atoms with Crippen LogP contribution < -0.4 is 0 Å². The molecular formula is C16H11ClFNO3S. The number of rotatable bonds is 1. The van der Waals surface area contributed by atoms with E-state index >= 15 is 0 Å². The summed E-state index contributed by atoms with van der Waals surface area (Å²) in [6.45, 7) is 0. The Morgan fingerprint density at radius 3 is 2.61 bits per heavy atom. The highest BCUT2D eigenvalue weighted by atomic mass is 35.5. The summed E-state index contributed by atoms with van der Waals surface area (Å²) >= 11 is 5.73. The fourth-order valence-corrected chi connectivity index (χ4v) is 4.41. The predicted octanol–water partition coefficient (Wildman–Crippen LogP) is 5.38. The third-order valence-electron chi connectivity index (χ3n) is 3.86. The molecule has 0 aromatic heterocycles. The number of benzene rings is 1. The van der Waals surface area contributed by atoms with Gasteiger partial charge in [-0.05, 0) is 35.9 Å². The van der Waals surface area contributed by atoms with Gasteiger partial charge in [0.15, 0.2) is 0 Å². The van der Waals surface area contributed by atoms with Crippen LogP contribution in [0.2, 0.25) is 5.02 Å². The zero-order valence-electron chi connectivity index (χ0n) is 11.5. The van der Waals surface area contributed by atoms with Crippen molar-refractivity contribution in [2.75, 3.05) is 0 Å². The van der Waals surface area contributed by atoms with Crippen molar-refractivity contribution < 1.29 is 18.6 Å². The van der Waals surface area contributed by atoms with Gasteiger partial charge in [-0.1, -0.05) is 17.7 Å². The van der Waals surface area contributed by atoms with E-state index in [2.05, 4.69) is 4.98 Å². The number of aromatic nitrogens is 1. The maximum absolute atomic E-state index is 13.9. The summed E-state index contributed by atoms with van der Waals surface area (Å²) in [5.41, 5.74) is 2.35. The van der Waals surface area contributed by atoms with Crippen molar-refractivity contribution in [3.8, 4) is 28.1 Å². The normalized spacial score (nSPS) is 16.7. The second-order valence-electron chi connectivity index (χ2n) is 5.27. The van der Waals surface area contributed by atoms with Crippen LogP contribution in [-0.2, 0) is 0 Å². The summed E-state index contributed by atoms with van der Waals surface area (Å²) < 4.78 is 34.6. The Kier molecular flexibility index (Phi) is 3.01. The molecule has 4 N–H and O–H groups in total. The Morgan fingerprint density at radius 1 is 1.09 bits per heavy atom. The molecule has 2 aliphatic heterocycles. The first kappa shape index (κ1) is 14.6. The number of H-pyrrole nitrogens is 1. The van der Waals surface area contributed by atoms with Crippen LogP contribution in [-0.4, -0.2) is 19.2 Å². The van der Waals surface area contributed by atoms with E-state index in [-0.39, 0.29) is 15.7 Å². The highest BCUT2D eigenvalue weighted by molar-refractivity contribution is 8.27. The van der Waals surface area contributed by atoms with Gasteiger partial charge in [-0.2, -0.15) is 0 Å². The van der Waals surface area contributed by atoms with Crippen molar-refractivity contribution >= 4 is 28.3 Å². The molecule has 0 saturated heterocycles. The Labute approximate surface area is 137 Å². The number of hydrogen-bond acceptors (Lipinski definition) is 3. The van der Waals surface area contributed by atoms with E-state index in [4.69, 9.17) is 11.6 Å². The maximum atomic E-state index is 13.9. The van der Waals surface area contributed by atoms with Crippen molar-refractivity contribution in [3.05, 3.63) is 52.3 Å². The van der Waals surface area contributed by atoms with Crippen molar-refractivity contribution in [1.82, 2.24) is 4.98 Å². The molecule has 118 valence electrons. The fraction of sp³-hybridized carbons (Fsp3) is 0. The van der Waals surface area contributed by atoms with Gasteiger partial charge in [0, 0.05) is 16.5 Å². The molecule has 0 atom stereocenters. The Morgan fingerprint density at radius 2 is 1.87 bits per heavy atom. The topological polar surface area (TPSA) is 76.5 Å². The van der Waals surface area contributed by atoms with E-state index in [1.54, 1.807) is 18.2 Å². The average Bonchev–Trinajstić information content (AvgIpc) is 3.01. The minimum Gasteiger partial charge on any atom is -0.507 e. The lowest BCUT2D eigenvalue weighted by Crippen LogP contribution is -2.01. The molecule has 0 bridgehead atoms. The molecule has 4 nitrogen and oxygen atoms in total. The standard InChI is InChI=1S/C16H11ClFNO3S/c17-9-2-1-8(7-10(9)18)14-15-11(3-4-13(15)20)19-12-5-6-23(21,22)16(12)14/h1-7,19-22H. The van der Waals surface area contributed by atoms with Crippen LogP contribution in [0.1, 0.15) is 5.69 Å². The van der Waals surface area contributed by atoms with Crippen molar-refractivity contribution in [3.63, 3.8) is 0 Å². The first-order valence-electron chi connectivity index (χ1n) is 6.68. The van der Waals surface area contributed by atoms with Crippen molar-refractivity contribution in [2.45, 2.75) is 4.90 Å². The highest BCUT2D eigenvalue weighted by Crippen LogP contribution is 2.62. The lowest BCUT2D eigenvalue weighted by Gasteiger charge is -2.29. The molecule has 23 heavy (non-hydrogen) atoms. The zero-order valence-corrected chi connectivity index (χ0v) is 13.1. The van der Waals surface area contributed by atoms with Gasteiger partial charge in [0.05, 0.1) is 21.3 Å². The first-order valence-corrected chi connectivity index (χ1v) is 8.67. The number of nitrogens with one attached hydrogen (secondary N) is 1. The van der Waals surface area contributed by atoms with Gasteiger partial charge in [0.2, 0.25) is 0 Å². The molecule has 7 heteroatoms. The van der Waals surface area contributed by atoms with E-state index in [0.717, 1.165) is 0 Å². The second-order valence-corrected chi connectivity index (χ2v) is 7.55. The third-order valence-corrected chi connectivity index (χ3v) is 5.70. The molecule has 0 saturated carbocycles. The van der Waals surface area contributed by atoms with E-state index in [9.17, 15) is 18.6 Å². The molecule has 0 unspecified atom stereocenters. The van der Waals surface area contributed by atoms with Crippen LogP contribution in [0, 0.1) is 5.82 Å². The minimum absolute atomic E-state index is 0.0218. The van der Waals surface area contributed by atoms with Crippen molar-refractivity contribution in [1.29, 1.82) is 0 Å². The summed E-state index contributed by atoms with van der Waals surface area (Å²) in [7, 11) is -3.17. The van der Waals surface area contributed by atoms with Crippen LogP contribution in [0.15, 0.2) is 40.6 Å². The summed E-state index contributed by atoms with van der Waals surface area (Å²) in [5.74, 6) is -0.640. The smallest absolute Gasteiger partial charge is 0.142 e. The van der Waals surface area contributed by atoms with Crippen molar-refractivity contribution in [2.24, 2.45) is 0 Å². The van der Waals surface area contributed by atoms with Gasteiger partial charge >= 0.3 is 0 Å². The molecule has 3 aliphatic rings. The highest BCUT2D eigenvalue weighted by Gasteiger charge is 2.32. The molecule has 2 heterocycles. The van der Waals surface area contributed by atoms with E-state index in [1.165, 1.54) is 23.6 Å². The molecule has 1 aliphatic carbocycles. The van der Waals surface area contributed by atoms with Gasteiger partial charge in [0.25, 0.3) is 0 Å². The predicted molar refractivity (Wildman–Crippen MR) is 89.6 cm³/mol. The average molecular weight is 352 g/mol. The number of hydrogen-bond donors (Lipinski definition) is 4. The van der Waals surface area contributed by atoms with Gasteiger partial charge in [-0.15, -0.1) is 10.6 Å². The molecule has 4 rings (SSSR count). The number of aromatic amines is 1. The van der Waals surface area contributed by atoms with E-state index in [0.29, 0.717) is 28.1 Å². The Bertz CT molecular complexity index is 951. The van der Waals surface area contributed by atoms with Crippen LogP contribution >= 0.6 is 22.2 Å². The molecule has 0 radical (unpaired) electrons. The molecule has 0 fully saturated rings. The molecule has 0 spiro atoms. The molecule has 0 amide bonds. The summed E-state index contributed by atoms with van der Waals surface area (Å²) in [6, 6.07) is 7.38. The first-order chi connectivity index (χ1) is 10.9. The number of fused-ring (bicyclic) bond motifs is 2. The summed E-state index contributed by atoms with van der Waals surface area (Å²) in [6.07, 6.45) is 1.57. The quantitative estimate of drug-likeness (QED) is 0.475. The zero-order chi connectivity index (χ0) is 16.4. The SMILES string of the molecule is Oc1ccc2[nH]c3c(c(-c4ccc(Cl)c(F)c4)c1-2)S(O)(O)C=C3. The number of halogens is 2. The molecular weight excluding hydrogens is 341 g/mol. The largest absolute Gasteiger partial charge is 0.507 e. The van der Waals surface area contributed by atoms with Gasteiger partial charge < -0.3 is 10.1 Å². The minimum atomic E-state index is -3.17. The second kappa shape index (κ2) is 4.75. The van der Waals surface area contributed by atoms with Crippen LogP contribution in [0.3, 0.4) is 0 Å². The van der Waals surface area contributed by atoms with Gasteiger partial charge in [0.1, 0.15) is 11.6 Å². The van der Waals surface area contributed by atoms with Gasteiger partial charge in [-0.3, -0.25) is 9.11 Å². The molecule has 1 aromatic rings. The number of aromatic hydroxyl groups is 1. The van der Waals surface area contributed by atoms with Crippen LogP contribution in [0.5, 0.6) is 5.75 Å². The maximum Gasteiger partial charge on any atom is 0.142 e. The Balaban J connectivity index is 2.13. The third kappa shape index (κ3) is 2.07. The summed E-state index contributed by atoms with van der Waals surface area (Å²) in [5, 5.41) is 11.4. The van der Waals surface area contributed by atoms with Crippen LogP contribution in [0.25, 0.3) is 28.5 Å². The fourth-order valence-electron chi connectivity index (χ4n) is 2.87. The molecule has 1 aromatic carbocycles. The van der Waals surface area contributed by atoms with Gasteiger partial charge in [-0.25, -0.2) is 4.39 Å². The number of pyridine rings is 1. The monoisotopic (exact) mass is 351 g/mol. The Hall–Kier alpha value is -1.99. The van der Waals surface area contributed by atoms with E-state index in [1.807, 2.05) is 0 Å². The summed E-state index contributed by atoms with van der Waals surface area (Å²) in [4.78, 5) is 3.30. The lowest BCUT2D eigenvalue weighted by molar-refractivity contribution is 0.479. The van der Waals surface area contributed by atoms with E-state index < -0.39 is 16.4 Å².